The zero-order valence-electron chi connectivity index (χ0n) is 17.3. The largest absolute Gasteiger partial charge is 0.461 e. The molecule has 164 valence electrons. The Morgan fingerprint density at radius 1 is 1.27 bits per heavy atom. The van der Waals surface area contributed by atoms with Crippen LogP contribution in [-0.4, -0.2) is 69.9 Å². The lowest BCUT2D eigenvalue weighted by molar-refractivity contribution is -0.166. The Bertz CT molecular complexity index is 795. The zero-order chi connectivity index (χ0) is 22.7. The second kappa shape index (κ2) is 8.90. The minimum atomic E-state index is -0.948. The van der Waals surface area contributed by atoms with Gasteiger partial charge in [0.15, 0.2) is 0 Å². The lowest BCUT2D eigenvalue weighted by Gasteiger charge is -2.44. The van der Waals surface area contributed by atoms with E-state index in [0.717, 1.165) is 0 Å². The summed E-state index contributed by atoms with van der Waals surface area (Å²) in [6.45, 7) is 8.30. The standard InChI is InChI=1S/C16H24N8O5S/c1-15(2,3)29-14(27)21-9-11(25)24-10(16(4,5)30-12(9)24)13(26)28-8(6-19-22-17)7-20-23-18/h8-10,12H,6-7H2,1-5H3,(H,21,27)/t9-,10+,12?/m1/s1. The molecular weight excluding hydrogens is 416 g/mol. The van der Waals surface area contributed by atoms with Crippen molar-refractivity contribution in [2.45, 2.75) is 68.5 Å². The van der Waals surface area contributed by atoms with Gasteiger partial charge in [0, 0.05) is 14.6 Å². The van der Waals surface area contributed by atoms with E-state index in [-0.39, 0.29) is 13.1 Å². The number of esters is 1. The van der Waals surface area contributed by atoms with Crippen LogP contribution in [0.15, 0.2) is 10.2 Å². The topological polar surface area (TPSA) is 182 Å². The smallest absolute Gasteiger partial charge is 0.408 e. The molecule has 0 radical (unpaired) electrons. The third-order valence-electron chi connectivity index (χ3n) is 4.32. The van der Waals surface area contributed by atoms with Crippen LogP contribution in [-0.2, 0) is 19.1 Å². The number of nitrogens with one attached hydrogen (secondary N) is 1. The Labute approximate surface area is 177 Å². The number of thioether (sulfide) groups is 1. The van der Waals surface area contributed by atoms with E-state index in [1.165, 1.54) is 16.7 Å². The third kappa shape index (κ3) is 5.21. The van der Waals surface area contributed by atoms with Crippen LogP contribution in [0.3, 0.4) is 0 Å². The maximum Gasteiger partial charge on any atom is 0.408 e. The molecule has 13 nitrogen and oxygen atoms in total. The lowest BCUT2D eigenvalue weighted by Crippen LogP contribution is -2.71. The molecule has 2 rings (SSSR count). The Kier molecular flexibility index (Phi) is 6.96. The average Bonchev–Trinajstić information content (AvgIpc) is 2.88. The summed E-state index contributed by atoms with van der Waals surface area (Å²) >= 11 is 1.36. The quantitative estimate of drug-likeness (QED) is 0.208. The molecule has 0 aliphatic carbocycles. The van der Waals surface area contributed by atoms with Crippen LogP contribution in [0, 0.1) is 0 Å². The molecule has 14 heteroatoms. The average molecular weight is 440 g/mol. The highest BCUT2D eigenvalue weighted by molar-refractivity contribution is 8.01. The van der Waals surface area contributed by atoms with Gasteiger partial charge in [0.2, 0.25) is 5.91 Å². The molecule has 0 aromatic carbocycles. The van der Waals surface area contributed by atoms with Crippen molar-refractivity contribution >= 4 is 29.7 Å². The first kappa shape index (κ1) is 23.5. The van der Waals surface area contributed by atoms with Crippen LogP contribution in [0.1, 0.15) is 34.6 Å². The van der Waals surface area contributed by atoms with E-state index in [2.05, 4.69) is 25.4 Å². The summed E-state index contributed by atoms with van der Waals surface area (Å²) in [7, 11) is 0. The first-order valence-corrected chi connectivity index (χ1v) is 10.0. The second-order valence-corrected chi connectivity index (χ2v) is 10.0. The molecule has 0 spiro atoms. The van der Waals surface area contributed by atoms with E-state index in [1.54, 1.807) is 34.6 Å². The summed E-state index contributed by atoms with van der Waals surface area (Å²) in [6, 6.07) is -1.74. The number of alkyl carbamates (subject to hydrolysis) is 1. The lowest BCUT2D eigenvalue weighted by atomic mass is 9.96. The Morgan fingerprint density at radius 2 is 1.83 bits per heavy atom. The van der Waals surface area contributed by atoms with E-state index in [0.29, 0.717) is 0 Å². The van der Waals surface area contributed by atoms with Gasteiger partial charge in [-0.3, -0.25) is 4.79 Å². The van der Waals surface area contributed by atoms with Crippen molar-refractivity contribution in [3.8, 4) is 0 Å². The summed E-state index contributed by atoms with van der Waals surface area (Å²) in [5.74, 6) is -1.13. The molecule has 3 atom stereocenters. The number of carbonyl (C=O) groups excluding carboxylic acids is 3. The minimum absolute atomic E-state index is 0.207. The van der Waals surface area contributed by atoms with E-state index in [9.17, 15) is 14.4 Å². The summed E-state index contributed by atoms with van der Waals surface area (Å²) in [4.78, 5) is 44.1. The van der Waals surface area contributed by atoms with Gasteiger partial charge in [-0.1, -0.05) is 10.2 Å². The van der Waals surface area contributed by atoms with Gasteiger partial charge in [0.05, 0.1) is 13.1 Å². The van der Waals surface area contributed by atoms with Gasteiger partial charge in [0.1, 0.15) is 29.2 Å². The molecule has 0 saturated carbocycles. The monoisotopic (exact) mass is 440 g/mol. The molecule has 2 aliphatic rings. The van der Waals surface area contributed by atoms with Crippen molar-refractivity contribution in [2.24, 2.45) is 10.2 Å². The van der Waals surface area contributed by atoms with Crippen molar-refractivity contribution in [3.05, 3.63) is 20.9 Å². The number of hydrogen-bond acceptors (Lipinski definition) is 8. The van der Waals surface area contributed by atoms with Crippen molar-refractivity contribution < 1.29 is 23.9 Å². The zero-order valence-corrected chi connectivity index (χ0v) is 18.1. The van der Waals surface area contributed by atoms with Gasteiger partial charge >= 0.3 is 12.1 Å². The SMILES string of the molecule is CC(C)(C)OC(=O)N[C@@H]1C(=O)N2C1SC(C)(C)[C@@H]2C(=O)OC(CN=[N+]=[N-])CN=[N+]=[N-]. The van der Waals surface area contributed by atoms with Gasteiger partial charge in [-0.25, -0.2) is 9.59 Å². The van der Waals surface area contributed by atoms with E-state index < -0.39 is 51.9 Å². The molecule has 0 aromatic heterocycles. The predicted molar refractivity (Wildman–Crippen MR) is 107 cm³/mol. The van der Waals surface area contributed by atoms with Gasteiger partial charge < -0.3 is 19.7 Å². The van der Waals surface area contributed by atoms with Crippen molar-refractivity contribution in [2.75, 3.05) is 13.1 Å². The van der Waals surface area contributed by atoms with Crippen molar-refractivity contribution in [3.63, 3.8) is 0 Å². The number of amides is 2. The predicted octanol–water partition coefficient (Wildman–Crippen LogP) is 2.47. The van der Waals surface area contributed by atoms with Crippen LogP contribution in [0.4, 0.5) is 4.79 Å². The van der Waals surface area contributed by atoms with Crippen molar-refractivity contribution in [1.29, 1.82) is 0 Å². The maximum atomic E-state index is 12.8. The van der Waals surface area contributed by atoms with Crippen LogP contribution < -0.4 is 5.32 Å². The third-order valence-corrected chi connectivity index (χ3v) is 5.89. The summed E-state index contributed by atoms with van der Waals surface area (Å²) < 4.78 is 9.86. The second-order valence-electron chi connectivity index (χ2n) is 8.27. The molecule has 1 N–H and O–H groups in total. The first-order valence-electron chi connectivity index (χ1n) is 9.13. The molecule has 0 aromatic rings. The molecule has 0 bridgehead atoms. The van der Waals surface area contributed by atoms with Crippen LogP contribution in [0.2, 0.25) is 0 Å². The number of β-lactam (4-membered cyclic amide) rings is 1. The normalized spacial score (nSPS) is 25.0. The fraction of sp³-hybridized carbons (Fsp3) is 0.812. The number of fused-ring (bicyclic) bond motifs is 1. The molecular formula is C16H24N8O5S. The fourth-order valence-corrected chi connectivity index (χ4v) is 4.80. The highest BCUT2D eigenvalue weighted by Gasteiger charge is 2.64. The van der Waals surface area contributed by atoms with Gasteiger partial charge in [-0.15, -0.1) is 11.8 Å². The highest BCUT2D eigenvalue weighted by atomic mass is 32.2. The molecule has 2 aliphatic heterocycles. The number of nitrogens with zero attached hydrogens (tertiary/aromatic N) is 7. The summed E-state index contributed by atoms with van der Waals surface area (Å²) in [5, 5.41) is 8.80. The number of carbonyl (C=O) groups is 3. The molecule has 2 amide bonds. The molecule has 2 fully saturated rings. The highest BCUT2D eigenvalue weighted by Crippen LogP contribution is 2.51. The maximum absolute atomic E-state index is 12.8. The van der Waals surface area contributed by atoms with Gasteiger partial charge in [-0.05, 0) is 45.7 Å². The molecule has 2 heterocycles. The number of hydrogen-bond donors (Lipinski definition) is 1. The number of azide groups is 2. The molecule has 2 saturated heterocycles. The fourth-order valence-electron chi connectivity index (χ4n) is 3.18. The van der Waals surface area contributed by atoms with Crippen LogP contribution in [0.5, 0.6) is 0 Å². The number of rotatable bonds is 7. The Morgan fingerprint density at radius 3 is 2.33 bits per heavy atom. The summed E-state index contributed by atoms with van der Waals surface area (Å²) in [5.41, 5.74) is 16.2. The van der Waals surface area contributed by atoms with Crippen LogP contribution in [0.25, 0.3) is 20.9 Å². The van der Waals surface area contributed by atoms with E-state index >= 15 is 0 Å². The number of ether oxygens (including phenoxy) is 2. The van der Waals surface area contributed by atoms with Crippen molar-refractivity contribution in [1.82, 2.24) is 10.2 Å². The van der Waals surface area contributed by atoms with Gasteiger partial charge in [-0.2, -0.15) is 0 Å². The van der Waals surface area contributed by atoms with Gasteiger partial charge in [0.25, 0.3) is 0 Å². The Hall–Kier alpha value is -2.82. The first-order chi connectivity index (χ1) is 13.9. The molecule has 1 unspecified atom stereocenters. The van der Waals surface area contributed by atoms with Crippen LogP contribution >= 0.6 is 11.8 Å². The molecule has 30 heavy (non-hydrogen) atoms. The van der Waals surface area contributed by atoms with E-state index in [4.69, 9.17) is 20.5 Å². The summed E-state index contributed by atoms with van der Waals surface area (Å²) in [6.07, 6.45) is -1.66. The Balaban J connectivity index is 2.10. The van der Waals surface area contributed by atoms with E-state index in [1.807, 2.05) is 0 Å². The minimum Gasteiger partial charge on any atom is -0.461 e.